The summed E-state index contributed by atoms with van der Waals surface area (Å²) >= 11 is 1.18. The number of hydrogen-bond acceptors (Lipinski definition) is 4. The van der Waals surface area contributed by atoms with Crippen molar-refractivity contribution in [1.82, 2.24) is 14.8 Å². The van der Waals surface area contributed by atoms with Crippen molar-refractivity contribution in [3.8, 4) is 5.69 Å². The smallest absolute Gasteiger partial charge is 0.313 e. The highest BCUT2D eigenvalue weighted by atomic mass is 32.2. The van der Waals surface area contributed by atoms with Gasteiger partial charge in [0, 0.05) is 11.8 Å². The molecule has 5 aromatic rings. The molecule has 1 aromatic heterocycles. The van der Waals surface area contributed by atoms with Gasteiger partial charge in [0.25, 0.3) is 0 Å². The topological polar surface area (TPSA) is 68.0 Å². The summed E-state index contributed by atoms with van der Waals surface area (Å²) in [6.07, 6.45) is 0.588. The first-order valence-electron chi connectivity index (χ1n) is 9.94. The molecule has 5 rings (SSSR count). The quantitative estimate of drug-likeness (QED) is 0.372. The second kappa shape index (κ2) is 8.24. The van der Waals surface area contributed by atoms with Crippen LogP contribution in [0.5, 0.6) is 0 Å². The van der Waals surface area contributed by atoms with Crippen molar-refractivity contribution in [2.75, 3.05) is 5.75 Å². The molecule has 0 radical (unpaired) electrons. The molecular weight excluding hydrogens is 406 g/mol. The van der Waals surface area contributed by atoms with Crippen molar-refractivity contribution in [2.45, 2.75) is 11.6 Å². The molecule has 0 atom stereocenters. The van der Waals surface area contributed by atoms with Crippen LogP contribution in [0.15, 0.2) is 90.1 Å². The minimum Gasteiger partial charge on any atom is -0.481 e. The van der Waals surface area contributed by atoms with Gasteiger partial charge in [0.2, 0.25) is 0 Å². The van der Waals surface area contributed by atoms with Crippen molar-refractivity contribution < 1.29 is 9.90 Å². The molecule has 4 aromatic carbocycles. The van der Waals surface area contributed by atoms with Crippen LogP contribution in [-0.2, 0) is 11.2 Å². The molecule has 0 aliphatic heterocycles. The predicted octanol–water partition coefficient (Wildman–Crippen LogP) is 5.34. The number of carboxylic acids is 1. The zero-order valence-corrected chi connectivity index (χ0v) is 17.4. The van der Waals surface area contributed by atoms with E-state index in [-0.39, 0.29) is 5.75 Å². The van der Waals surface area contributed by atoms with Gasteiger partial charge in [0.05, 0.1) is 11.4 Å². The van der Waals surface area contributed by atoms with Crippen molar-refractivity contribution in [3.05, 3.63) is 96.3 Å². The number of aromatic nitrogens is 3. The van der Waals surface area contributed by atoms with E-state index in [0.29, 0.717) is 11.6 Å². The lowest BCUT2D eigenvalue weighted by molar-refractivity contribution is -0.133. The number of carbonyl (C=O) groups is 1. The van der Waals surface area contributed by atoms with Gasteiger partial charge in [0.15, 0.2) is 5.16 Å². The molecule has 0 aliphatic carbocycles. The number of aliphatic carboxylic acids is 1. The number of thioether (sulfide) groups is 1. The van der Waals surface area contributed by atoms with E-state index >= 15 is 0 Å². The molecular formula is C25H19N3O2S. The molecule has 0 bridgehead atoms. The van der Waals surface area contributed by atoms with Crippen LogP contribution < -0.4 is 0 Å². The van der Waals surface area contributed by atoms with Gasteiger partial charge in [-0.15, -0.1) is 10.2 Å². The third kappa shape index (κ3) is 3.78. The Hall–Kier alpha value is -3.64. The van der Waals surface area contributed by atoms with Crippen LogP contribution in [0.4, 0.5) is 0 Å². The number of benzene rings is 4. The van der Waals surface area contributed by atoms with E-state index in [1.165, 1.54) is 22.5 Å². The highest BCUT2D eigenvalue weighted by molar-refractivity contribution is 7.99. The highest BCUT2D eigenvalue weighted by Gasteiger charge is 2.18. The molecule has 152 valence electrons. The van der Waals surface area contributed by atoms with Crippen molar-refractivity contribution in [3.63, 3.8) is 0 Å². The van der Waals surface area contributed by atoms with E-state index in [9.17, 15) is 9.90 Å². The summed E-state index contributed by atoms with van der Waals surface area (Å²) in [5.41, 5.74) is 2.10. The summed E-state index contributed by atoms with van der Waals surface area (Å²) in [6.45, 7) is 0. The molecule has 0 amide bonds. The maximum Gasteiger partial charge on any atom is 0.313 e. The SMILES string of the molecule is O=C(O)CSc1nnc(Cc2cccc3ccccc23)n1-c1cccc2ccccc12. The summed E-state index contributed by atoms with van der Waals surface area (Å²) in [5.74, 6) is -0.175. The lowest BCUT2D eigenvalue weighted by Gasteiger charge is -2.13. The Morgan fingerprint density at radius 1 is 0.806 bits per heavy atom. The number of fused-ring (bicyclic) bond motifs is 2. The lowest BCUT2D eigenvalue weighted by atomic mass is 10.0. The fourth-order valence-electron chi connectivity index (χ4n) is 3.90. The van der Waals surface area contributed by atoms with Gasteiger partial charge in [-0.1, -0.05) is 90.6 Å². The first-order chi connectivity index (χ1) is 15.2. The van der Waals surface area contributed by atoms with Gasteiger partial charge < -0.3 is 5.11 Å². The third-order valence-electron chi connectivity index (χ3n) is 5.26. The van der Waals surface area contributed by atoms with E-state index < -0.39 is 5.97 Å². The average molecular weight is 426 g/mol. The first kappa shape index (κ1) is 19.3. The Bertz CT molecular complexity index is 1400. The molecule has 1 heterocycles. The van der Waals surface area contributed by atoms with Crippen LogP contribution in [0.3, 0.4) is 0 Å². The second-order valence-electron chi connectivity index (χ2n) is 7.23. The van der Waals surface area contributed by atoms with Crippen LogP contribution in [-0.4, -0.2) is 31.6 Å². The maximum absolute atomic E-state index is 11.2. The van der Waals surface area contributed by atoms with E-state index in [1.54, 1.807) is 0 Å². The zero-order chi connectivity index (χ0) is 21.2. The van der Waals surface area contributed by atoms with Crippen LogP contribution >= 0.6 is 11.8 Å². The van der Waals surface area contributed by atoms with E-state index in [4.69, 9.17) is 0 Å². The van der Waals surface area contributed by atoms with Gasteiger partial charge in [-0.3, -0.25) is 9.36 Å². The molecule has 5 nitrogen and oxygen atoms in total. The molecule has 0 spiro atoms. The number of nitrogens with zero attached hydrogens (tertiary/aromatic N) is 3. The van der Waals surface area contributed by atoms with Gasteiger partial charge >= 0.3 is 5.97 Å². The zero-order valence-electron chi connectivity index (χ0n) is 16.6. The monoisotopic (exact) mass is 425 g/mol. The number of hydrogen-bond donors (Lipinski definition) is 1. The predicted molar refractivity (Wildman–Crippen MR) is 124 cm³/mol. The summed E-state index contributed by atoms with van der Waals surface area (Å²) < 4.78 is 2.00. The Morgan fingerprint density at radius 2 is 1.45 bits per heavy atom. The van der Waals surface area contributed by atoms with E-state index in [1.807, 2.05) is 41.0 Å². The second-order valence-corrected chi connectivity index (χ2v) is 8.17. The molecule has 0 saturated heterocycles. The van der Waals surface area contributed by atoms with Crippen molar-refractivity contribution >= 4 is 39.3 Å². The maximum atomic E-state index is 11.2. The van der Waals surface area contributed by atoms with Crippen molar-refractivity contribution in [1.29, 1.82) is 0 Å². The van der Waals surface area contributed by atoms with Gasteiger partial charge in [-0.2, -0.15) is 0 Å². The fraction of sp³-hybridized carbons (Fsp3) is 0.0800. The molecule has 0 saturated carbocycles. The summed E-state index contributed by atoms with van der Waals surface area (Å²) in [6, 6.07) is 28.8. The van der Waals surface area contributed by atoms with Crippen LogP contribution in [0.25, 0.3) is 27.2 Å². The Balaban J connectivity index is 1.67. The fourth-order valence-corrected chi connectivity index (χ4v) is 4.58. The average Bonchev–Trinajstić information content (AvgIpc) is 3.19. The number of rotatable bonds is 6. The van der Waals surface area contributed by atoms with Crippen LogP contribution in [0, 0.1) is 0 Å². The van der Waals surface area contributed by atoms with Gasteiger partial charge in [0.1, 0.15) is 5.82 Å². The minimum atomic E-state index is -0.881. The Labute approximate surface area is 183 Å². The van der Waals surface area contributed by atoms with Gasteiger partial charge in [-0.25, -0.2) is 0 Å². The van der Waals surface area contributed by atoms with Crippen LogP contribution in [0.2, 0.25) is 0 Å². The molecule has 6 heteroatoms. The largest absolute Gasteiger partial charge is 0.481 e. The number of carboxylic acid groups (broad SMARTS) is 1. The van der Waals surface area contributed by atoms with Gasteiger partial charge in [-0.05, 0) is 27.8 Å². The van der Waals surface area contributed by atoms with E-state index in [0.717, 1.165) is 27.8 Å². The Kier molecular flexibility index (Phi) is 5.14. The van der Waals surface area contributed by atoms with Crippen molar-refractivity contribution in [2.24, 2.45) is 0 Å². The summed E-state index contributed by atoms with van der Waals surface area (Å²) in [5, 5.41) is 23.1. The standard InChI is InChI=1S/C25H19N3O2S/c29-24(30)16-31-25-27-26-23(15-19-11-5-9-17-7-1-3-12-20(17)19)28(25)22-14-6-10-18-8-2-4-13-21(18)22/h1-14H,15-16H2,(H,29,30). The molecule has 0 aliphatic rings. The Morgan fingerprint density at radius 3 is 2.23 bits per heavy atom. The molecule has 0 fully saturated rings. The highest BCUT2D eigenvalue weighted by Crippen LogP contribution is 2.30. The third-order valence-corrected chi connectivity index (χ3v) is 6.17. The van der Waals surface area contributed by atoms with Crippen LogP contribution in [0.1, 0.15) is 11.4 Å². The van der Waals surface area contributed by atoms with E-state index in [2.05, 4.69) is 58.7 Å². The molecule has 0 unspecified atom stereocenters. The normalized spacial score (nSPS) is 11.2. The first-order valence-corrected chi connectivity index (χ1v) is 10.9. The summed E-state index contributed by atoms with van der Waals surface area (Å²) in [7, 11) is 0. The molecule has 1 N–H and O–H groups in total. The minimum absolute atomic E-state index is 0.0723. The lowest BCUT2D eigenvalue weighted by Crippen LogP contribution is -2.06. The summed E-state index contributed by atoms with van der Waals surface area (Å²) in [4.78, 5) is 11.2. The molecule has 31 heavy (non-hydrogen) atoms.